The molecule has 0 bridgehead atoms. The number of aromatic nitrogens is 1. The number of fused-ring (bicyclic) bond motifs is 1. The van der Waals surface area contributed by atoms with Crippen molar-refractivity contribution in [2.75, 3.05) is 25.1 Å². The van der Waals surface area contributed by atoms with E-state index in [4.69, 9.17) is 9.84 Å². The van der Waals surface area contributed by atoms with Gasteiger partial charge in [-0.2, -0.15) is 0 Å². The molecule has 0 saturated carbocycles. The van der Waals surface area contributed by atoms with Gasteiger partial charge in [0.25, 0.3) is 0 Å². The van der Waals surface area contributed by atoms with Gasteiger partial charge in [-0.25, -0.2) is 4.98 Å². The Kier molecular flexibility index (Phi) is 4.95. The molecule has 0 aliphatic carbocycles. The van der Waals surface area contributed by atoms with Crippen molar-refractivity contribution in [1.82, 2.24) is 4.98 Å². The Morgan fingerprint density at radius 1 is 1.48 bits per heavy atom. The first kappa shape index (κ1) is 16.5. The van der Waals surface area contributed by atoms with Crippen LogP contribution in [0.15, 0.2) is 24.4 Å². The fraction of sp³-hybridized carbons (Fsp3) is 0.333. The summed E-state index contributed by atoms with van der Waals surface area (Å²) in [6.07, 6.45) is 1.81. The highest BCUT2D eigenvalue weighted by Crippen LogP contribution is 2.36. The Bertz CT molecular complexity index is 747. The zero-order valence-corrected chi connectivity index (χ0v) is 12.9. The lowest BCUT2D eigenvalue weighted by molar-refractivity contribution is -0.384. The number of carboxylic acids is 1. The monoisotopic (exact) mass is 319 g/mol. The topological polar surface area (TPSA) is 106 Å². The van der Waals surface area contributed by atoms with Gasteiger partial charge in [-0.1, -0.05) is 6.92 Å². The summed E-state index contributed by atoms with van der Waals surface area (Å²) in [4.78, 5) is 27.5. The van der Waals surface area contributed by atoms with Crippen LogP contribution in [-0.2, 0) is 4.79 Å². The van der Waals surface area contributed by atoms with E-state index in [9.17, 15) is 14.9 Å². The fourth-order valence-corrected chi connectivity index (χ4v) is 2.44. The lowest BCUT2D eigenvalue weighted by Gasteiger charge is -2.23. The quantitative estimate of drug-likeness (QED) is 0.617. The van der Waals surface area contributed by atoms with Crippen molar-refractivity contribution in [3.8, 4) is 5.75 Å². The van der Waals surface area contributed by atoms with Crippen LogP contribution in [-0.4, -0.2) is 41.2 Å². The predicted octanol–water partition coefficient (Wildman–Crippen LogP) is 2.45. The molecule has 1 aromatic carbocycles. The third-order valence-corrected chi connectivity index (χ3v) is 3.36. The lowest BCUT2D eigenvalue weighted by atomic mass is 10.1. The van der Waals surface area contributed by atoms with E-state index in [1.54, 1.807) is 18.2 Å². The van der Waals surface area contributed by atoms with Crippen LogP contribution < -0.4 is 9.64 Å². The van der Waals surface area contributed by atoms with Gasteiger partial charge in [-0.3, -0.25) is 14.9 Å². The number of aliphatic carboxylic acids is 1. The standard InChI is InChI=1S/C15H17N3O5/c1-3-6-17(9-14(19)20)15-11-5-4-10(23-2)7-12(11)16-8-13(15)18(21)22/h4-5,7-8H,3,6,9H2,1-2H3,(H,19,20). The molecule has 8 heteroatoms. The Balaban J connectivity index is 2.71. The molecule has 0 atom stereocenters. The van der Waals surface area contributed by atoms with Crippen LogP contribution in [0.2, 0.25) is 0 Å². The maximum absolute atomic E-state index is 11.3. The molecule has 122 valence electrons. The van der Waals surface area contributed by atoms with Gasteiger partial charge in [0.1, 0.15) is 24.2 Å². The molecule has 0 amide bonds. The number of hydrogen-bond donors (Lipinski definition) is 1. The summed E-state index contributed by atoms with van der Waals surface area (Å²) in [6, 6.07) is 4.99. The number of methoxy groups -OCH3 is 1. The maximum Gasteiger partial charge on any atom is 0.323 e. The van der Waals surface area contributed by atoms with E-state index in [0.29, 0.717) is 29.6 Å². The number of rotatable bonds is 7. The number of nitro groups is 1. The number of ether oxygens (including phenoxy) is 1. The van der Waals surface area contributed by atoms with Gasteiger partial charge < -0.3 is 14.7 Å². The van der Waals surface area contributed by atoms with Gasteiger partial charge in [-0.15, -0.1) is 0 Å². The molecule has 0 spiro atoms. The molecule has 0 unspecified atom stereocenters. The maximum atomic E-state index is 11.3. The average molecular weight is 319 g/mol. The Morgan fingerprint density at radius 2 is 2.22 bits per heavy atom. The Morgan fingerprint density at radius 3 is 2.78 bits per heavy atom. The second-order valence-electron chi connectivity index (χ2n) is 4.95. The van der Waals surface area contributed by atoms with E-state index < -0.39 is 10.9 Å². The minimum absolute atomic E-state index is 0.211. The minimum Gasteiger partial charge on any atom is -0.497 e. The second-order valence-corrected chi connectivity index (χ2v) is 4.95. The van der Waals surface area contributed by atoms with Crippen molar-refractivity contribution in [2.45, 2.75) is 13.3 Å². The van der Waals surface area contributed by atoms with Crippen LogP contribution in [0.4, 0.5) is 11.4 Å². The molecule has 1 N–H and O–H groups in total. The largest absolute Gasteiger partial charge is 0.497 e. The van der Waals surface area contributed by atoms with Gasteiger partial charge >= 0.3 is 11.7 Å². The summed E-state index contributed by atoms with van der Waals surface area (Å²) in [7, 11) is 1.52. The first-order valence-electron chi connectivity index (χ1n) is 7.05. The summed E-state index contributed by atoms with van der Waals surface area (Å²) in [6.45, 7) is 1.95. The number of hydrogen-bond acceptors (Lipinski definition) is 6. The van der Waals surface area contributed by atoms with Gasteiger partial charge in [0, 0.05) is 18.0 Å². The molecule has 0 radical (unpaired) electrons. The normalized spacial score (nSPS) is 10.5. The molecule has 2 rings (SSSR count). The van der Waals surface area contributed by atoms with Crippen molar-refractivity contribution >= 4 is 28.2 Å². The number of benzene rings is 1. The van der Waals surface area contributed by atoms with Crippen molar-refractivity contribution in [3.63, 3.8) is 0 Å². The van der Waals surface area contributed by atoms with Gasteiger partial charge in [0.05, 0.1) is 17.5 Å². The van der Waals surface area contributed by atoms with Gasteiger partial charge in [0.15, 0.2) is 0 Å². The highest BCUT2D eigenvalue weighted by molar-refractivity contribution is 5.98. The van der Waals surface area contributed by atoms with E-state index in [2.05, 4.69) is 4.98 Å². The smallest absolute Gasteiger partial charge is 0.323 e. The lowest BCUT2D eigenvalue weighted by Crippen LogP contribution is -2.31. The molecular formula is C15H17N3O5. The zero-order chi connectivity index (χ0) is 17.0. The molecule has 23 heavy (non-hydrogen) atoms. The second kappa shape index (κ2) is 6.91. The van der Waals surface area contributed by atoms with Crippen LogP contribution in [0.3, 0.4) is 0 Å². The zero-order valence-electron chi connectivity index (χ0n) is 12.9. The number of carboxylic acid groups (broad SMARTS) is 1. The Labute approximate surface area is 132 Å². The summed E-state index contributed by atoms with van der Waals surface area (Å²) in [5, 5.41) is 21.0. The van der Waals surface area contributed by atoms with Crippen molar-refractivity contribution < 1.29 is 19.6 Å². The summed E-state index contributed by atoms with van der Waals surface area (Å²) >= 11 is 0. The number of nitrogens with zero attached hydrogens (tertiary/aromatic N) is 3. The highest BCUT2D eigenvalue weighted by Gasteiger charge is 2.24. The fourth-order valence-electron chi connectivity index (χ4n) is 2.44. The molecule has 1 aromatic heterocycles. The summed E-state index contributed by atoms with van der Waals surface area (Å²) < 4.78 is 5.13. The summed E-state index contributed by atoms with van der Waals surface area (Å²) in [5.41, 5.74) is 0.570. The van der Waals surface area contributed by atoms with E-state index in [0.717, 1.165) is 6.20 Å². The molecule has 1 heterocycles. The van der Waals surface area contributed by atoms with Gasteiger partial charge in [0.2, 0.25) is 0 Å². The molecule has 0 saturated heterocycles. The minimum atomic E-state index is -1.05. The molecule has 0 fully saturated rings. The molecule has 2 aromatic rings. The average Bonchev–Trinajstić information content (AvgIpc) is 2.52. The molecule has 0 aliphatic rings. The number of carbonyl (C=O) groups is 1. The summed E-state index contributed by atoms with van der Waals surface area (Å²) in [5.74, 6) is -0.476. The number of pyridine rings is 1. The van der Waals surface area contributed by atoms with E-state index in [1.165, 1.54) is 12.0 Å². The van der Waals surface area contributed by atoms with Crippen LogP contribution >= 0.6 is 0 Å². The molecule has 0 aliphatic heterocycles. The molecule has 8 nitrogen and oxygen atoms in total. The van der Waals surface area contributed by atoms with E-state index >= 15 is 0 Å². The van der Waals surface area contributed by atoms with Crippen LogP contribution in [0, 0.1) is 10.1 Å². The SMILES string of the molecule is CCCN(CC(=O)O)c1c([N+](=O)[O-])cnc2cc(OC)ccc12. The number of anilines is 1. The van der Waals surface area contributed by atoms with Crippen LogP contribution in [0.5, 0.6) is 5.75 Å². The Hall–Kier alpha value is -2.90. The third-order valence-electron chi connectivity index (χ3n) is 3.36. The predicted molar refractivity (Wildman–Crippen MR) is 85.1 cm³/mol. The van der Waals surface area contributed by atoms with Crippen molar-refractivity contribution in [2.24, 2.45) is 0 Å². The van der Waals surface area contributed by atoms with Crippen LogP contribution in [0.1, 0.15) is 13.3 Å². The van der Waals surface area contributed by atoms with E-state index in [-0.39, 0.29) is 17.9 Å². The van der Waals surface area contributed by atoms with Crippen molar-refractivity contribution in [3.05, 3.63) is 34.5 Å². The van der Waals surface area contributed by atoms with Crippen molar-refractivity contribution in [1.29, 1.82) is 0 Å². The molecular weight excluding hydrogens is 302 g/mol. The third kappa shape index (κ3) is 3.47. The highest BCUT2D eigenvalue weighted by atomic mass is 16.6. The van der Waals surface area contributed by atoms with E-state index in [1.807, 2.05) is 6.92 Å². The van der Waals surface area contributed by atoms with Gasteiger partial charge in [-0.05, 0) is 18.6 Å². The first-order valence-corrected chi connectivity index (χ1v) is 7.05. The first-order chi connectivity index (χ1) is 11.0. The van der Waals surface area contributed by atoms with Crippen LogP contribution in [0.25, 0.3) is 10.9 Å².